The number of rotatable bonds is 3. The summed E-state index contributed by atoms with van der Waals surface area (Å²) < 4.78 is 1.06. The van der Waals surface area contributed by atoms with E-state index in [2.05, 4.69) is 38.7 Å². The first kappa shape index (κ1) is 14.1. The van der Waals surface area contributed by atoms with Crippen LogP contribution >= 0.6 is 11.3 Å². The van der Waals surface area contributed by atoms with Gasteiger partial charge in [-0.05, 0) is 46.8 Å². The molecule has 0 N–H and O–H groups in total. The largest absolute Gasteiger partial charge is 0.363 e. The zero-order chi connectivity index (χ0) is 14.2. The minimum absolute atomic E-state index is 0.153. The minimum Gasteiger partial charge on any atom is -0.363 e. The molecule has 2 nitrogen and oxygen atoms in total. The quantitative estimate of drug-likeness (QED) is 0.837. The van der Waals surface area contributed by atoms with Crippen LogP contribution in [0.25, 0.3) is 10.1 Å². The third-order valence-electron chi connectivity index (χ3n) is 3.30. The molecule has 0 fully saturated rings. The number of nitrogens with zero attached hydrogens (tertiary/aromatic N) is 1. The van der Waals surface area contributed by atoms with Crippen molar-refractivity contribution in [3.63, 3.8) is 0 Å². The normalized spacial score (nSPS) is 11.5. The lowest BCUT2D eigenvalue weighted by Gasteiger charge is -2.32. The van der Waals surface area contributed by atoms with Crippen LogP contribution in [0.1, 0.15) is 33.3 Å². The van der Waals surface area contributed by atoms with Gasteiger partial charge in [0.15, 0.2) is 0 Å². The van der Waals surface area contributed by atoms with E-state index in [1.54, 1.807) is 11.3 Å². The zero-order valence-corrected chi connectivity index (χ0v) is 13.0. The van der Waals surface area contributed by atoms with E-state index in [0.29, 0.717) is 12.1 Å². The molecule has 102 valence electrons. The molecule has 1 aromatic carbocycles. The molecule has 0 spiro atoms. The van der Waals surface area contributed by atoms with Crippen molar-refractivity contribution < 1.29 is 0 Å². The Labute approximate surface area is 118 Å². The summed E-state index contributed by atoms with van der Waals surface area (Å²) in [5.74, 6) is 0. The summed E-state index contributed by atoms with van der Waals surface area (Å²) in [5, 5.41) is 2.84. The van der Waals surface area contributed by atoms with E-state index in [1.165, 1.54) is 0 Å². The minimum atomic E-state index is 0.153. The third kappa shape index (κ3) is 2.66. The number of fused-ring (bicyclic) bond motifs is 1. The molecule has 0 atom stereocenters. The maximum absolute atomic E-state index is 12.7. The van der Waals surface area contributed by atoms with Crippen molar-refractivity contribution in [3.05, 3.63) is 39.4 Å². The van der Waals surface area contributed by atoms with Crippen LogP contribution in [0.15, 0.2) is 28.4 Å². The maximum Gasteiger partial charge on any atom is 0.211 e. The Morgan fingerprint density at radius 3 is 2.32 bits per heavy atom. The van der Waals surface area contributed by atoms with Crippen LogP contribution in [-0.2, 0) is 0 Å². The van der Waals surface area contributed by atoms with Gasteiger partial charge in [-0.2, -0.15) is 0 Å². The summed E-state index contributed by atoms with van der Waals surface area (Å²) in [4.78, 5) is 14.9. The molecule has 0 bridgehead atoms. The highest BCUT2D eigenvalue weighted by atomic mass is 32.1. The summed E-state index contributed by atoms with van der Waals surface area (Å²) in [6, 6.07) is 6.73. The van der Waals surface area contributed by atoms with Gasteiger partial charge >= 0.3 is 0 Å². The lowest BCUT2D eigenvalue weighted by atomic mass is 10.1. The first-order valence-electron chi connectivity index (χ1n) is 6.72. The smallest absolute Gasteiger partial charge is 0.211 e. The average molecular weight is 275 g/mol. The fourth-order valence-electron chi connectivity index (χ4n) is 2.57. The summed E-state index contributed by atoms with van der Waals surface area (Å²) >= 11 is 1.65. The molecule has 0 unspecified atom stereocenters. The van der Waals surface area contributed by atoms with Crippen LogP contribution in [0.2, 0.25) is 0 Å². The summed E-state index contributed by atoms with van der Waals surface area (Å²) in [6.07, 6.45) is 0. The second-order valence-corrected chi connectivity index (χ2v) is 6.46. The highest BCUT2D eigenvalue weighted by molar-refractivity contribution is 7.16. The van der Waals surface area contributed by atoms with Gasteiger partial charge in [-0.1, -0.05) is 11.6 Å². The number of aryl methyl sites for hydroxylation is 1. The van der Waals surface area contributed by atoms with E-state index >= 15 is 0 Å². The van der Waals surface area contributed by atoms with Gasteiger partial charge in [0, 0.05) is 27.5 Å². The molecule has 0 saturated heterocycles. The molecule has 19 heavy (non-hydrogen) atoms. The van der Waals surface area contributed by atoms with Crippen molar-refractivity contribution in [1.29, 1.82) is 0 Å². The number of hydrogen-bond acceptors (Lipinski definition) is 3. The SMILES string of the molecule is Cc1ccc2scc(N(C(C)C)C(C)C)c(=O)c2c1. The van der Waals surface area contributed by atoms with Crippen LogP contribution in [0.4, 0.5) is 5.69 Å². The molecule has 0 radical (unpaired) electrons. The molecule has 0 amide bonds. The van der Waals surface area contributed by atoms with Crippen molar-refractivity contribution in [2.75, 3.05) is 4.90 Å². The topological polar surface area (TPSA) is 20.3 Å². The van der Waals surface area contributed by atoms with Gasteiger partial charge in [-0.3, -0.25) is 4.79 Å². The van der Waals surface area contributed by atoms with Gasteiger partial charge in [0.1, 0.15) is 0 Å². The lowest BCUT2D eigenvalue weighted by Crippen LogP contribution is -2.39. The Morgan fingerprint density at radius 2 is 1.74 bits per heavy atom. The average Bonchev–Trinajstić information content (AvgIpc) is 2.32. The second kappa shape index (κ2) is 5.33. The molecular formula is C16H21NOS. The molecule has 0 aliphatic carbocycles. The van der Waals surface area contributed by atoms with Gasteiger partial charge in [0.05, 0.1) is 5.69 Å². The van der Waals surface area contributed by atoms with Crippen molar-refractivity contribution in [2.24, 2.45) is 0 Å². The molecule has 1 heterocycles. The van der Waals surface area contributed by atoms with Gasteiger partial charge in [0.2, 0.25) is 5.43 Å². The van der Waals surface area contributed by atoms with E-state index in [-0.39, 0.29) is 5.43 Å². The Hall–Kier alpha value is -1.35. The predicted octanol–water partition coefficient (Wildman–Crippen LogP) is 4.19. The third-order valence-corrected chi connectivity index (χ3v) is 4.25. The van der Waals surface area contributed by atoms with E-state index in [9.17, 15) is 4.79 Å². The molecule has 0 aliphatic rings. The number of benzene rings is 1. The van der Waals surface area contributed by atoms with Gasteiger partial charge in [-0.15, -0.1) is 11.3 Å². The van der Waals surface area contributed by atoms with Crippen LogP contribution in [0.5, 0.6) is 0 Å². The first-order valence-corrected chi connectivity index (χ1v) is 7.60. The van der Waals surface area contributed by atoms with Crippen molar-refractivity contribution >= 4 is 27.1 Å². The molecule has 0 saturated carbocycles. The van der Waals surface area contributed by atoms with Crippen molar-refractivity contribution in [2.45, 2.75) is 46.7 Å². The molecule has 2 rings (SSSR count). The predicted molar refractivity (Wildman–Crippen MR) is 85.6 cm³/mol. The molecule has 2 aromatic rings. The van der Waals surface area contributed by atoms with E-state index in [1.807, 2.05) is 24.4 Å². The summed E-state index contributed by atoms with van der Waals surface area (Å²) in [5.41, 5.74) is 2.11. The molecular weight excluding hydrogens is 254 g/mol. The molecule has 3 heteroatoms. The van der Waals surface area contributed by atoms with Crippen molar-refractivity contribution in [1.82, 2.24) is 0 Å². The number of anilines is 1. The second-order valence-electron chi connectivity index (χ2n) is 5.54. The zero-order valence-electron chi connectivity index (χ0n) is 12.2. The van der Waals surface area contributed by atoms with Gasteiger partial charge in [0.25, 0.3) is 0 Å². The Bertz CT molecular complexity index is 635. The Balaban J connectivity index is 2.68. The summed E-state index contributed by atoms with van der Waals surface area (Å²) in [6.45, 7) is 10.5. The van der Waals surface area contributed by atoms with Gasteiger partial charge < -0.3 is 4.90 Å². The van der Waals surface area contributed by atoms with Crippen LogP contribution < -0.4 is 10.3 Å². The summed E-state index contributed by atoms with van der Waals surface area (Å²) in [7, 11) is 0. The standard InChI is InChI=1S/C16H21NOS/c1-10(2)17(11(3)4)14-9-19-15-7-6-12(5)8-13(15)16(14)18/h6-11H,1-5H3. The van der Waals surface area contributed by atoms with E-state index < -0.39 is 0 Å². The lowest BCUT2D eigenvalue weighted by molar-refractivity contribution is 0.607. The van der Waals surface area contributed by atoms with Crippen LogP contribution in [0.3, 0.4) is 0 Å². The monoisotopic (exact) mass is 275 g/mol. The van der Waals surface area contributed by atoms with Crippen LogP contribution in [-0.4, -0.2) is 12.1 Å². The Morgan fingerprint density at radius 1 is 1.11 bits per heavy atom. The fourth-order valence-corrected chi connectivity index (χ4v) is 3.46. The van der Waals surface area contributed by atoms with Crippen LogP contribution in [0, 0.1) is 6.92 Å². The highest BCUT2D eigenvalue weighted by Crippen LogP contribution is 2.24. The van der Waals surface area contributed by atoms with Gasteiger partial charge in [-0.25, -0.2) is 0 Å². The van der Waals surface area contributed by atoms with E-state index in [4.69, 9.17) is 0 Å². The molecule has 0 aliphatic heterocycles. The molecule has 1 aromatic heterocycles. The van der Waals surface area contributed by atoms with E-state index in [0.717, 1.165) is 21.3 Å². The van der Waals surface area contributed by atoms with Crippen molar-refractivity contribution in [3.8, 4) is 0 Å². The maximum atomic E-state index is 12.7. The first-order chi connectivity index (χ1) is 8.91. The number of hydrogen-bond donors (Lipinski definition) is 0. The fraction of sp³-hybridized carbons (Fsp3) is 0.438. The Kier molecular flexibility index (Phi) is 3.95. The highest BCUT2D eigenvalue weighted by Gasteiger charge is 2.18.